The number of Topliss-reactive ketones (excluding diaryl/α,β-unsaturated/α-hetero) is 1. The third kappa shape index (κ3) is 13.4. The van der Waals surface area contributed by atoms with Crippen LogP contribution in [-0.2, 0) is 44.4 Å². The van der Waals surface area contributed by atoms with Gasteiger partial charge in [-0.15, -0.1) is 0 Å². The maximum Gasteiger partial charge on any atom is 0.328 e. The lowest BCUT2D eigenvalue weighted by Gasteiger charge is -2.26. The molecule has 1 aliphatic rings. The Morgan fingerprint density at radius 2 is 1.46 bits per heavy atom. The molecule has 0 saturated carbocycles. The van der Waals surface area contributed by atoms with Gasteiger partial charge in [0.05, 0.1) is 36.8 Å². The van der Waals surface area contributed by atoms with Crippen LogP contribution in [0.5, 0.6) is 0 Å². The van der Waals surface area contributed by atoms with Crippen LogP contribution in [0.15, 0.2) is 48.5 Å². The number of carbonyl (C=O) groups excluding carboxylic acids is 3. The van der Waals surface area contributed by atoms with Gasteiger partial charge in [-0.1, -0.05) is 55.5 Å². The summed E-state index contributed by atoms with van der Waals surface area (Å²) in [6, 6.07) is 13.5. The first-order valence-electron chi connectivity index (χ1n) is 17.2. The Morgan fingerprint density at radius 3 is 2.13 bits per heavy atom. The summed E-state index contributed by atoms with van der Waals surface area (Å²) < 4.78 is 17.3. The highest BCUT2D eigenvalue weighted by atomic mass is 31.2. The first-order chi connectivity index (χ1) is 24.7. The van der Waals surface area contributed by atoms with Crippen molar-refractivity contribution in [3.05, 3.63) is 65.2 Å². The summed E-state index contributed by atoms with van der Waals surface area (Å²) in [5.41, 5.74) is 3.16. The first-order valence-corrected chi connectivity index (χ1v) is 18.9. The van der Waals surface area contributed by atoms with E-state index in [1.165, 1.54) is 0 Å². The molecule has 2 aromatic rings. The van der Waals surface area contributed by atoms with Gasteiger partial charge in [0.1, 0.15) is 11.8 Å². The molecule has 0 bridgehead atoms. The molecule has 0 fully saturated rings. The Balaban J connectivity index is 1.44. The number of ketones is 1. The summed E-state index contributed by atoms with van der Waals surface area (Å²) in [6.45, 7) is 1.55. The molecule has 280 valence electrons. The molecule has 4 atom stereocenters. The fourth-order valence-electron chi connectivity index (χ4n) is 5.73. The maximum atomic E-state index is 13.4. The summed E-state index contributed by atoms with van der Waals surface area (Å²) in [4.78, 5) is 85.1. The molecule has 2 aromatic carbocycles. The normalized spacial score (nSPS) is 14.8. The van der Waals surface area contributed by atoms with Gasteiger partial charge in [-0.25, -0.2) is 4.79 Å². The van der Waals surface area contributed by atoms with Gasteiger partial charge in [0.2, 0.25) is 11.8 Å². The number of fused-ring (bicyclic) bond motifs is 2. The Kier molecular flexibility index (Phi) is 16.2. The lowest BCUT2D eigenvalue weighted by atomic mass is 9.96. The zero-order valence-corrected chi connectivity index (χ0v) is 29.9. The third-order valence-corrected chi connectivity index (χ3v) is 10.1. The van der Waals surface area contributed by atoms with Crippen molar-refractivity contribution in [2.45, 2.75) is 83.7 Å². The van der Waals surface area contributed by atoms with Gasteiger partial charge in [0, 0.05) is 36.8 Å². The van der Waals surface area contributed by atoms with E-state index in [9.17, 15) is 53.5 Å². The number of anilines is 1. The molecule has 1 aliphatic heterocycles. The molecule has 52 heavy (non-hydrogen) atoms. The maximum absolute atomic E-state index is 13.4. The van der Waals surface area contributed by atoms with Crippen LogP contribution in [0.1, 0.15) is 87.8 Å². The quantitative estimate of drug-likeness (QED) is 0.0635. The number of para-hydroxylation sites is 1. The van der Waals surface area contributed by atoms with Gasteiger partial charge < -0.3 is 35.0 Å². The minimum Gasteiger partial charge on any atom is -0.481 e. The van der Waals surface area contributed by atoms with Crippen molar-refractivity contribution in [1.82, 2.24) is 5.32 Å². The summed E-state index contributed by atoms with van der Waals surface area (Å²) in [6.07, 6.45) is -0.720. The fraction of sp³-hybridized carbons (Fsp3) is 0.459. The number of hydrogen-bond donors (Lipinski definition) is 5. The van der Waals surface area contributed by atoms with Gasteiger partial charge in [0.15, 0.2) is 0 Å². The van der Waals surface area contributed by atoms with E-state index in [1.54, 1.807) is 11.8 Å². The lowest BCUT2D eigenvalue weighted by Crippen LogP contribution is -2.41. The van der Waals surface area contributed by atoms with E-state index in [0.717, 1.165) is 16.7 Å². The number of carbonyl (C=O) groups is 6. The second kappa shape index (κ2) is 20.3. The van der Waals surface area contributed by atoms with Crippen LogP contribution in [-0.4, -0.2) is 74.5 Å². The highest BCUT2D eigenvalue weighted by Gasteiger charge is 2.31. The van der Waals surface area contributed by atoms with Crippen molar-refractivity contribution in [3.63, 3.8) is 0 Å². The number of nitrogens with zero attached hydrogens (tertiary/aromatic N) is 1. The highest BCUT2D eigenvalue weighted by Crippen LogP contribution is 2.45. The van der Waals surface area contributed by atoms with Crippen molar-refractivity contribution in [2.24, 2.45) is 11.8 Å². The number of rotatable bonds is 22. The molecule has 1 heterocycles. The average Bonchev–Trinajstić information content (AvgIpc) is 3.08. The van der Waals surface area contributed by atoms with Crippen LogP contribution in [0.4, 0.5) is 5.69 Å². The number of aliphatic carboxylic acids is 3. The number of hydrogen-bond acceptors (Lipinski definition) is 8. The van der Waals surface area contributed by atoms with E-state index < -0.39 is 74.3 Å². The van der Waals surface area contributed by atoms with Crippen LogP contribution in [0.25, 0.3) is 0 Å². The Bertz CT molecular complexity index is 1730. The monoisotopic (exact) mass is 740 g/mol. The average molecular weight is 741 g/mol. The number of amides is 2. The molecule has 5 N–H and O–H groups in total. The summed E-state index contributed by atoms with van der Waals surface area (Å²) in [5.74, 6) is -1.39. The van der Waals surface area contributed by atoms with E-state index in [1.807, 2.05) is 48.5 Å². The summed E-state index contributed by atoms with van der Waals surface area (Å²) in [7, 11) is -4.34. The largest absolute Gasteiger partial charge is 0.481 e. The van der Waals surface area contributed by atoms with Gasteiger partial charge in [-0.3, -0.25) is 28.5 Å². The minimum atomic E-state index is -4.34. The molecule has 15 heteroatoms. The molecule has 3 rings (SSSR count). The number of nitrogens with one attached hydrogen (secondary N) is 1. The molecule has 3 unspecified atom stereocenters. The molecule has 0 spiro atoms. The lowest BCUT2D eigenvalue weighted by molar-refractivity contribution is -0.145. The molecule has 14 nitrogen and oxygen atoms in total. The van der Waals surface area contributed by atoms with Crippen molar-refractivity contribution in [2.75, 3.05) is 17.7 Å². The SMILES string of the molecule is CCCC(CP(=O)(O)OCCC(CC(=O)CC[C@@H](NC(=O)CCCCC(=O)N1Cc2ccccc2C#Cc2ccccc21)C(=O)O)C(=O)O)C(=O)O. The van der Waals surface area contributed by atoms with Crippen molar-refractivity contribution >= 4 is 48.8 Å². The molecule has 0 saturated heterocycles. The van der Waals surface area contributed by atoms with E-state index in [0.29, 0.717) is 31.5 Å². The predicted molar refractivity (Wildman–Crippen MR) is 189 cm³/mol. The van der Waals surface area contributed by atoms with Crippen LogP contribution in [0.3, 0.4) is 0 Å². The van der Waals surface area contributed by atoms with Crippen molar-refractivity contribution < 1.29 is 58.1 Å². The second-order valence-corrected chi connectivity index (χ2v) is 14.6. The van der Waals surface area contributed by atoms with Gasteiger partial charge in [0.25, 0.3) is 0 Å². The number of carboxylic acids is 3. The van der Waals surface area contributed by atoms with Crippen LogP contribution < -0.4 is 10.2 Å². The predicted octanol–water partition coefficient (Wildman–Crippen LogP) is 4.60. The van der Waals surface area contributed by atoms with E-state index in [-0.39, 0.29) is 44.4 Å². The molecule has 0 aliphatic carbocycles. The van der Waals surface area contributed by atoms with Crippen molar-refractivity contribution in [3.8, 4) is 11.8 Å². The molecule has 2 amide bonds. The topological polar surface area (TPSA) is 225 Å². The molecular formula is C37H45N2O12P. The highest BCUT2D eigenvalue weighted by molar-refractivity contribution is 7.52. The van der Waals surface area contributed by atoms with Crippen LogP contribution in [0, 0.1) is 23.7 Å². The van der Waals surface area contributed by atoms with Crippen molar-refractivity contribution in [1.29, 1.82) is 0 Å². The summed E-state index contributed by atoms with van der Waals surface area (Å²) in [5, 5.41) is 30.8. The Labute approximate surface area is 302 Å². The van der Waals surface area contributed by atoms with Crippen LogP contribution in [0.2, 0.25) is 0 Å². The molecule has 0 aromatic heterocycles. The minimum absolute atomic E-state index is 0.0582. The standard InChI is InChI=1S/C37H45N2O12P/c1-2-9-29(36(45)46)24-52(49,50)51-21-20-27(35(43)44)22-30(40)18-19-31(37(47)48)38-33(41)14-7-8-15-34(42)39-23-28-12-4-3-10-25(28)16-17-26-11-5-6-13-32(26)39/h3-6,10-13,27,29,31H,2,7-9,14-15,18-24H2,1H3,(H,38,41)(H,43,44)(H,45,46)(H,47,48)(H,49,50)/t27?,29?,31-/m1/s1. The van der Waals surface area contributed by atoms with Gasteiger partial charge in [-0.2, -0.15) is 0 Å². The second-order valence-electron chi connectivity index (χ2n) is 12.7. The fourth-order valence-corrected chi connectivity index (χ4v) is 7.13. The zero-order valence-electron chi connectivity index (χ0n) is 29.0. The molecule has 0 radical (unpaired) electrons. The number of unbranched alkanes of at least 4 members (excludes halogenated alkanes) is 1. The van der Waals surface area contributed by atoms with E-state index in [2.05, 4.69) is 17.2 Å². The summed E-state index contributed by atoms with van der Waals surface area (Å²) >= 11 is 0. The first kappa shape index (κ1) is 41.6. The third-order valence-electron chi connectivity index (χ3n) is 8.58. The number of benzene rings is 2. The smallest absolute Gasteiger partial charge is 0.328 e. The Morgan fingerprint density at radius 1 is 0.827 bits per heavy atom. The van der Waals surface area contributed by atoms with E-state index in [4.69, 9.17) is 4.52 Å². The zero-order chi connectivity index (χ0) is 38.3. The number of carboxylic acid groups (broad SMARTS) is 3. The van der Waals surface area contributed by atoms with Crippen LogP contribution >= 0.6 is 7.60 Å². The van der Waals surface area contributed by atoms with Gasteiger partial charge in [-0.05, 0) is 55.9 Å². The van der Waals surface area contributed by atoms with Gasteiger partial charge >= 0.3 is 25.5 Å². The molecular weight excluding hydrogens is 695 g/mol. The van der Waals surface area contributed by atoms with E-state index >= 15 is 0 Å². The Hall–Kier alpha value is -4.83.